The van der Waals surface area contributed by atoms with Gasteiger partial charge in [-0.1, -0.05) is 19.1 Å². The number of aromatic nitrogens is 2. The third-order valence-corrected chi connectivity index (χ3v) is 4.20. The van der Waals surface area contributed by atoms with Gasteiger partial charge in [0.15, 0.2) is 16.6 Å². The monoisotopic (exact) mass is 313 g/mol. The van der Waals surface area contributed by atoms with Crippen molar-refractivity contribution in [3.63, 3.8) is 0 Å². The molecular weight excluding hydrogens is 297 g/mol. The number of imidazole rings is 1. The molecule has 0 bridgehead atoms. The molecule has 1 unspecified atom stereocenters. The second-order valence-corrected chi connectivity index (χ2v) is 6.08. The molecule has 0 fully saturated rings. The summed E-state index contributed by atoms with van der Waals surface area (Å²) in [7, 11) is -3.67. The summed E-state index contributed by atoms with van der Waals surface area (Å²) >= 11 is 0. The molecule has 0 aliphatic carbocycles. The second kappa shape index (κ2) is 6.68. The Kier molecular flexibility index (Phi) is 4.92. The smallest absolute Gasteiger partial charge is 0.257 e. The summed E-state index contributed by atoms with van der Waals surface area (Å²) in [6, 6.07) is 6.00. The third-order valence-electron chi connectivity index (χ3n) is 2.85. The Balaban J connectivity index is 1.99. The lowest BCUT2D eigenvalue weighted by atomic mass is 10.2. The summed E-state index contributed by atoms with van der Waals surface area (Å²) in [6.45, 7) is 1.86. The maximum Gasteiger partial charge on any atom is 0.257 e. The maximum atomic E-state index is 13.5. The Morgan fingerprint density at radius 1 is 1.43 bits per heavy atom. The van der Waals surface area contributed by atoms with Crippen molar-refractivity contribution >= 4 is 10.0 Å². The minimum Gasteiger partial charge on any atom is -0.486 e. The van der Waals surface area contributed by atoms with Gasteiger partial charge in [-0.05, 0) is 18.6 Å². The van der Waals surface area contributed by atoms with Crippen LogP contribution < -0.4 is 9.46 Å². The van der Waals surface area contributed by atoms with E-state index in [2.05, 4.69) is 14.7 Å². The first-order valence-corrected chi connectivity index (χ1v) is 7.90. The van der Waals surface area contributed by atoms with Crippen molar-refractivity contribution in [1.29, 1.82) is 0 Å². The Bertz CT molecular complexity index is 674. The molecule has 0 aliphatic heterocycles. The molecule has 0 aliphatic rings. The zero-order valence-corrected chi connectivity index (χ0v) is 12.2. The van der Waals surface area contributed by atoms with Gasteiger partial charge in [0.05, 0.1) is 12.5 Å². The molecule has 6 nitrogen and oxygen atoms in total. The van der Waals surface area contributed by atoms with E-state index in [0.717, 1.165) is 0 Å². The fraction of sp³-hybridized carbons (Fsp3) is 0.308. The summed E-state index contributed by atoms with van der Waals surface area (Å²) in [6.07, 6.45) is 2.54. The topological polar surface area (TPSA) is 84.1 Å². The van der Waals surface area contributed by atoms with Crippen LogP contribution in [0, 0.1) is 5.82 Å². The molecule has 1 aromatic carbocycles. The molecule has 0 saturated carbocycles. The quantitative estimate of drug-likeness (QED) is 0.814. The molecule has 1 heterocycles. The van der Waals surface area contributed by atoms with Crippen molar-refractivity contribution in [2.45, 2.75) is 24.5 Å². The number of nitrogens with one attached hydrogen (secondary N) is 2. The predicted molar refractivity (Wildman–Crippen MR) is 74.9 cm³/mol. The second-order valence-electron chi connectivity index (χ2n) is 4.35. The van der Waals surface area contributed by atoms with Crippen LogP contribution in [0.2, 0.25) is 0 Å². The molecule has 2 rings (SSSR count). The lowest BCUT2D eigenvalue weighted by Gasteiger charge is -2.18. The van der Waals surface area contributed by atoms with Crippen LogP contribution in [0.1, 0.15) is 13.3 Å². The van der Waals surface area contributed by atoms with Crippen LogP contribution in [0.25, 0.3) is 0 Å². The Morgan fingerprint density at radius 3 is 2.81 bits per heavy atom. The first kappa shape index (κ1) is 15.5. The van der Waals surface area contributed by atoms with Crippen molar-refractivity contribution in [2.24, 2.45) is 0 Å². The summed E-state index contributed by atoms with van der Waals surface area (Å²) in [4.78, 5) is 6.18. The molecule has 0 radical (unpaired) electrons. The zero-order valence-electron chi connectivity index (χ0n) is 11.4. The van der Waals surface area contributed by atoms with Crippen LogP contribution in [0.5, 0.6) is 5.75 Å². The number of H-pyrrole nitrogens is 1. The number of sulfonamides is 1. The zero-order chi connectivity index (χ0) is 15.3. The first-order chi connectivity index (χ1) is 10.0. The SMILES string of the molecule is CCC(CNS(=O)(=O)c1cnc[nH]1)Oc1ccccc1F. The largest absolute Gasteiger partial charge is 0.486 e. The van der Waals surface area contributed by atoms with Crippen LogP contribution in [0.4, 0.5) is 4.39 Å². The number of rotatable bonds is 7. The fourth-order valence-corrected chi connectivity index (χ4v) is 2.63. The van der Waals surface area contributed by atoms with E-state index < -0.39 is 21.9 Å². The van der Waals surface area contributed by atoms with Crippen LogP contribution in [-0.4, -0.2) is 31.0 Å². The number of hydrogen-bond donors (Lipinski definition) is 2. The Hall–Kier alpha value is -1.93. The van der Waals surface area contributed by atoms with Gasteiger partial charge in [-0.2, -0.15) is 0 Å². The fourth-order valence-electron chi connectivity index (χ4n) is 1.66. The van der Waals surface area contributed by atoms with Crippen molar-refractivity contribution in [2.75, 3.05) is 6.54 Å². The van der Waals surface area contributed by atoms with Gasteiger partial charge in [-0.3, -0.25) is 0 Å². The molecule has 2 aromatic rings. The van der Waals surface area contributed by atoms with E-state index in [-0.39, 0.29) is 17.3 Å². The van der Waals surface area contributed by atoms with E-state index in [1.807, 2.05) is 6.92 Å². The highest BCUT2D eigenvalue weighted by atomic mass is 32.2. The van der Waals surface area contributed by atoms with E-state index in [1.165, 1.54) is 24.7 Å². The third kappa shape index (κ3) is 4.02. The van der Waals surface area contributed by atoms with Crippen LogP contribution in [0.15, 0.2) is 41.8 Å². The highest BCUT2D eigenvalue weighted by Crippen LogP contribution is 2.18. The molecule has 2 N–H and O–H groups in total. The summed E-state index contributed by atoms with van der Waals surface area (Å²) in [5.41, 5.74) is 0. The summed E-state index contributed by atoms with van der Waals surface area (Å²) < 4.78 is 45.2. The van der Waals surface area contributed by atoms with Gasteiger partial charge < -0.3 is 9.72 Å². The lowest BCUT2D eigenvalue weighted by Crippen LogP contribution is -2.35. The van der Waals surface area contributed by atoms with Gasteiger partial charge in [-0.25, -0.2) is 22.5 Å². The van der Waals surface area contributed by atoms with Gasteiger partial charge in [0.1, 0.15) is 6.10 Å². The van der Waals surface area contributed by atoms with Gasteiger partial charge in [0, 0.05) is 6.54 Å². The number of nitrogens with zero attached hydrogens (tertiary/aromatic N) is 1. The molecule has 114 valence electrons. The lowest BCUT2D eigenvalue weighted by molar-refractivity contribution is 0.192. The Morgan fingerprint density at radius 2 is 2.19 bits per heavy atom. The molecule has 1 atom stereocenters. The van der Waals surface area contributed by atoms with Crippen molar-refractivity contribution < 1.29 is 17.5 Å². The maximum absolute atomic E-state index is 13.5. The number of para-hydroxylation sites is 1. The Labute approximate surface area is 122 Å². The van der Waals surface area contributed by atoms with Gasteiger partial charge in [0.25, 0.3) is 10.0 Å². The highest BCUT2D eigenvalue weighted by Gasteiger charge is 2.18. The van der Waals surface area contributed by atoms with Gasteiger partial charge >= 0.3 is 0 Å². The van der Waals surface area contributed by atoms with Gasteiger partial charge in [0.2, 0.25) is 0 Å². The summed E-state index contributed by atoms with van der Waals surface area (Å²) in [5, 5.41) is -0.0248. The van der Waals surface area contributed by atoms with Crippen molar-refractivity contribution in [3.8, 4) is 5.75 Å². The normalized spacial score (nSPS) is 13.0. The number of benzene rings is 1. The van der Waals surface area contributed by atoms with E-state index in [1.54, 1.807) is 12.1 Å². The highest BCUT2D eigenvalue weighted by molar-refractivity contribution is 7.89. The van der Waals surface area contributed by atoms with E-state index >= 15 is 0 Å². The average Bonchev–Trinajstić information content (AvgIpc) is 3.00. The number of halogens is 1. The molecule has 1 aromatic heterocycles. The first-order valence-electron chi connectivity index (χ1n) is 6.42. The predicted octanol–water partition coefficient (Wildman–Crippen LogP) is 1.68. The van der Waals surface area contributed by atoms with Crippen LogP contribution in [0.3, 0.4) is 0 Å². The number of aromatic amines is 1. The number of ether oxygens (including phenoxy) is 1. The number of hydrogen-bond acceptors (Lipinski definition) is 4. The van der Waals surface area contributed by atoms with Crippen LogP contribution >= 0.6 is 0 Å². The standard InChI is InChI=1S/C13H16FN3O3S/c1-2-10(20-12-6-4-3-5-11(12)14)7-17-21(18,19)13-8-15-9-16-13/h3-6,8-10,17H,2,7H2,1H3,(H,15,16). The molecule has 21 heavy (non-hydrogen) atoms. The minimum absolute atomic E-state index is 0.0248. The van der Waals surface area contributed by atoms with Crippen LogP contribution in [-0.2, 0) is 10.0 Å². The van der Waals surface area contributed by atoms with Crippen molar-refractivity contribution in [3.05, 3.63) is 42.6 Å². The van der Waals surface area contributed by atoms with Crippen molar-refractivity contribution in [1.82, 2.24) is 14.7 Å². The molecule has 0 spiro atoms. The molecule has 8 heteroatoms. The van der Waals surface area contributed by atoms with E-state index in [4.69, 9.17) is 4.74 Å². The molecule has 0 amide bonds. The average molecular weight is 313 g/mol. The summed E-state index contributed by atoms with van der Waals surface area (Å²) in [5.74, 6) is -0.377. The van der Waals surface area contributed by atoms with E-state index in [0.29, 0.717) is 6.42 Å². The minimum atomic E-state index is -3.67. The van der Waals surface area contributed by atoms with E-state index in [9.17, 15) is 12.8 Å². The molecule has 0 saturated heterocycles. The van der Waals surface area contributed by atoms with Gasteiger partial charge in [-0.15, -0.1) is 0 Å². The molecular formula is C13H16FN3O3S.